The topological polar surface area (TPSA) is 301 Å². The van der Waals surface area contributed by atoms with Crippen molar-refractivity contribution in [3.8, 4) is 22.9 Å². The number of nitrogens with zero attached hydrogens (tertiary/aromatic N) is 4. The first-order valence-electron chi connectivity index (χ1n) is 20.5. The summed E-state index contributed by atoms with van der Waals surface area (Å²) in [5, 5.41) is 77.1. The molecule has 0 unspecified atom stereocenters. The van der Waals surface area contributed by atoms with Gasteiger partial charge in [-0.05, 0) is 73.0 Å². The van der Waals surface area contributed by atoms with Crippen LogP contribution in [0.15, 0.2) is 160 Å². The van der Waals surface area contributed by atoms with E-state index in [9.17, 15) is 44.4 Å². The second kappa shape index (κ2) is 21.7. The zero-order valence-electron chi connectivity index (χ0n) is 36.6. The Morgan fingerprint density at radius 3 is 1.91 bits per heavy atom. The van der Waals surface area contributed by atoms with Crippen molar-refractivity contribution in [1.82, 2.24) is 9.78 Å². The van der Waals surface area contributed by atoms with Crippen molar-refractivity contribution in [2.45, 2.75) is 13.8 Å². The van der Waals surface area contributed by atoms with Gasteiger partial charge in [0.05, 0.1) is 28.2 Å². The smallest absolute Gasteiger partial charge is 0.470 e. The molecule has 0 aliphatic heterocycles. The number of aromatic amines is 1. The number of aryl methyl sites for hydroxylation is 1. The third-order valence-electron chi connectivity index (χ3n) is 10.3. The number of fused-ring (bicyclic) bond motifs is 1. The predicted octanol–water partition coefficient (Wildman–Crippen LogP) is 5.81. The number of phenols is 1. The number of H-pyrrole nitrogens is 1. The molecule has 0 bridgehead atoms. The molecule has 0 saturated heterocycles. The van der Waals surface area contributed by atoms with Gasteiger partial charge in [-0.25, -0.2) is 14.3 Å². The molecule has 20 heteroatoms. The summed E-state index contributed by atoms with van der Waals surface area (Å²) >= 11 is 6.00. The summed E-state index contributed by atoms with van der Waals surface area (Å²) in [6.45, 7) is 3.22. The molecule has 70 heavy (non-hydrogen) atoms. The van der Waals surface area contributed by atoms with Gasteiger partial charge in [0.15, 0.2) is 23.0 Å². The second-order valence-corrected chi connectivity index (χ2v) is 15.5. The van der Waals surface area contributed by atoms with E-state index in [1.807, 2.05) is 12.1 Å². The van der Waals surface area contributed by atoms with Crippen molar-refractivity contribution in [3.05, 3.63) is 194 Å². The minimum absolute atomic E-state index is 0. The van der Waals surface area contributed by atoms with Crippen LogP contribution in [-0.2, 0) is 16.8 Å². The quantitative estimate of drug-likeness (QED) is 0.0215. The Bertz CT molecular complexity index is 3530. The molecule has 0 amide bonds. The van der Waals surface area contributed by atoms with Crippen LogP contribution in [0.5, 0.6) is 17.2 Å². The number of carboxylic acids is 2. The molecule has 8 rings (SSSR count). The van der Waals surface area contributed by atoms with Crippen LogP contribution in [0.3, 0.4) is 0 Å². The van der Waals surface area contributed by atoms with E-state index in [1.54, 1.807) is 62.4 Å². The van der Waals surface area contributed by atoms with E-state index >= 15 is 0 Å². The van der Waals surface area contributed by atoms with E-state index < -0.39 is 34.8 Å². The van der Waals surface area contributed by atoms with Crippen LogP contribution in [0.25, 0.3) is 16.5 Å². The number of aromatic hydroxyl groups is 1. The van der Waals surface area contributed by atoms with Crippen molar-refractivity contribution < 1.29 is 76.7 Å². The van der Waals surface area contributed by atoms with Gasteiger partial charge >= 0.3 is 17.8 Å². The Balaban J connectivity index is 0.000000226. The van der Waals surface area contributed by atoms with Crippen LogP contribution in [0.2, 0.25) is 5.02 Å². The summed E-state index contributed by atoms with van der Waals surface area (Å²) < 4.78 is 1.25. The third-order valence-corrected chi connectivity index (χ3v) is 10.5. The van der Waals surface area contributed by atoms with Crippen molar-refractivity contribution in [3.63, 3.8) is 0 Å². The number of nitrogens with one attached hydrogen (secondary N) is 3. The molecule has 1 radical (unpaired) electrons. The number of aromatic nitrogens is 2. The Morgan fingerprint density at radius 1 is 0.729 bits per heavy atom. The second-order valence-electron chi connectivity index (χ2n) is 15.0. The Kier molecular flexibility index (Phi) is 15.6. The summed E-state index contributed by atoms with van der Waals surface area (Å²) in [5.41, 5.74) is 1.13. The van der Waals surface area contributed by atoms with Gasteiger partial charge in [-0.3, -0.25) is 19.5 Å². The Morgan fingerprint density at radius 2 is 1.31 bits per heavy atom. The summed E-state index contributed by atoms with van der Waals surface area (Å²) in [6, 6.07) is 34.8. The first kappa shape index (κ1) is 50.4. The largest absolute Gasteiger partial charge is 0.871 e. The molecule has 0 atom stereocenters. The molecule has 0 fully saturated rings. The number of hydrogen-bond acceptors (Lipinski definition) is 10. The maximum Gasteiger partial charge on any atom is 0.470 e. The van der Waals surface area contributed by atoms with Crippen molar-refractivity contribution in [2.75, 3.05) is 0 Å². The number of hydrogen-bond donors (Lipinski definition) is 6. The molecule has 0 aliphatic carbocycles. The minimum atomic E-state index is -1.25. The number of carbonyl (C=O) groups excluding carboxylic acids is 2. The molecule has 7 aromatic carbocycles. The van der Waals surface area contributed by atoms with Crippen LogP contribution in [0.1, 0.15) is 65.2 Å². The third kappa shape index (κ3) is 11.0. The fraction of sp³-hybridized carbons (Fsp3) is 0.0400. The molecule has 0 aliphatic rings. The number of carboxylic acid groups (broad SMARTS) is 2. The van der Waals surface area contributed by atoms with Crippen molar-refractivity contribution in [2.24, 2.45) is 15.3 Å². The maximum atomic E-state index is 13.0. The molecular formula is C50H39ClCoN7O11+3. The van der Waals surface area contributed by atoms with Crippen LogP contribution in [0, 0.1) is 6.92 Å². The first-order chi connectivity index (χ1) is 33.0. The van der Waals surface area contributed by atoms with Gasteiger partial charge in [0.2, 0.25) is 11.4 Å². The molecule has 8 aromatic rings. The number of phenolic OH excluding ortho intramolecular Hbond substituents is 1. The van der Waals surface area contributed by atoms with Gasteiger partial charge in [0.25, 0.3) is 17.0 Å². The summed E-state index contributed by atoms with van der Waals surface area (Å²) in [6.07, 6.45) is 0. The normalized spacial score (nSPS) is 11.3. The number of rotatable bonds is 12. The average molecular weight is 1010 g/mol. The van der Waals surface area contributed by atoms with E-state index in [1.165, 1.54) is 77.5 Å². The van der Waals surface area contributed by atoms with E-state index in [-0.39, 0.29) is 90.3 Å². The van der Waals surface area contributed by atoms with Gasteiger partial charge in [-0.2, -0.15) is 5.11 Å². The van der Waals surface area contributed by atoms with E-state index in [4.69, 9.17) is 21.8 Å². The predicted molar refractivity (Wildman–Crippen MR) is 253 cm³/mol. The Labute approximate surface area is 411 Å². The summed E-state index contributed by atoms with van der Waals surface area (Å²) in [7, 11) is 0. The number of halogens is 1. The van der Waals surface area contributed by atoms with Crippen LogP contribution >= 0.6 is 11.6 Å². The molecule has 0 saturated carbocycles. The van der Waals surface area contributed by atoms with Gasteiger partial charge in [-0.15, -0.1) is 10.1 Å². The van der Waals surface area contributed by atoms with Gasteiger partial charge in [0.1, 0.15) is 12.3 Å². The zero-order chi connectivity index (χ0) is 49.5. The van der Waals surface area contributed by atoms with E-state index in [0.717, 1.165) is 11.5 Å². The summed E-state index contributed by atoms with van der Waals surface area (Å²) in [5.74, 6) is -3.94. The molecular weight excluding hydrogens is 969 g/mol. The summed E-state index contributed by atoms with van der Waals surface area (Å²) in [4.78, 5) is 64.7. The standard InChI is InChI=1S/C26H19N3O6.C24H17ClN4O5.Co/c1-14(30)27-19-8-4-5-15-9-12-22(32)24(23(15)19)29-28-20-13-16(10-11-21(20)31)25(33)17-6-2-3-7-18(17)26(34)35;1-13-21(23(32)29(28-13)16-6-4-5-15(25)12-16)27-26-19-11-14(9-10-20(19)30)22(31)17-7-2-3-8-18(17)24(33)34;/h2-13,31-32H,1H3,(H,27,30)(H,34,35);2-12,28,30H,1H3,(H,33,34);/p+3. The van der Waals surface area contributed by atoms with Gasteiger partial charge < -0.3 is 30.6 Å². The number of benzene rings is 7. The average Bonchev–Trinajstić information content (AvgIpc) is 3.62. The van der Waals surface area contributed by atoms with Crippen LogP contribution in [0.4, 0.5) is 28.4 Å². The number of azo groups is 2. The SMILES string of the molecule is CC([OH2+])=[NH+]c1cccc2ccc(O)c([NH+]=Nc3cc(C(=O)c4ccccc4C(=O)O)ccc3[OH2+])c12.Cc1[nH]n(-c2cccc(Cl)c2)c(=O)c1N=Nc1cc(C(=O)c2ccccc2C(=O)O)ccc1[O-].[Co]. The molecule has 1 heterocycles. The molecule has 0 spiro atoms. The number of ketones is 2. The zero-order valence-corrected chi connectivity index (χ0v) is 38.4. The fourth-order valence-electron chi connectivity index (χ4n) is 7.01. The molecule has 1 aromatic heterocycles. The molecule has 18 nitrogen and oxygen atoms in total. The molecule has 353 valence electrons. The van der Waals surface area contributed by atoms with Gasteiger partial charge in [-0.1, -0.05) is 89.2 Å². The monoisotopic (exact) mass is 1010 g/mol. The van der Waals surface area contributed by atoms with Crippen LogP contribution < -0.4 is 20.8 Å². The maximum absolute atomic E-state index is 13.0. The molecule has 10 N–H and O–H groups in total. The van der Waals surface area contributed by atoms with Crippen molar-refractivity contribution >= 4 is 80.2 Å². The van der Waals surface area contributed by atoms with E-state index in [0.29, 0.717) is 27.5 Å². The van der Waals surface area contributed by atoms with Gasteiger partial charge in [0, 0.05) is 61.3 Å². The van der Waals surface area contributed by atoms with E-state index in [2.05, 4.69) is 30.5 Å². The van der Waals surface area contributed by atoms with Crippen LogP contribution in [-0.4, -0.2) is 64.7 Å². The fourth-order valence-corrected chi connectivity index (χ4v) is 7.19. The number of carbonyl (C=O) groups is 4. The minimum Gasteiger partial charge on any atom is -0.871 e. The first-order valence-corrected chi connectivity index (χ1v) is 20.8. The van der Waals surface area contributed by atoms with Crippen molar-refractivity contribution in [1.29, 1.82) is 0 Å². The number of aromatic carboxylic acids is 2. The Hall–Kier alpha value is -9.04.